The van der Waals surface area contributed by atoms with Gasteiger partial charge in [0.05, 0.1) is 0 Å². The first-order valence-corrected chi connectivity index (χ1v) is 9.33. The van der Waals surface area contributed by atoms with Crippen LogP contribution < -0.4 is 15.8 Å². The first kappa shape index (κ1) is 18.9. The Morgan fingerprint density at radius 3 is 2.83 bits per heavy atom. The van der Waals surface area contributed by atoms with Crippen molar-refractivity contribution in [2.75, 3.05) is 30.5 Å². The van der Waals surface area contributed by atoms with Crippen molar-refractivity contribution in [1.82, 2.24) is 0 Å². The molecule has 0 unspecified atom stereocenters. The molecule has 2 aromatic carbocycles. The maximum absolute atomic E-state index is 12.7. The lowest BCUT2D eigenvalue weighted by molar-refractivity contribution is -0.122. The molecule has 1 aliphatic heterocycles. The summed E-state index contributed by atoms with van der Waals surface area (Å²) in [5, 5.41) is 3.43. The number of aryl methyl sites for hydroxylation is 1. The van der Waals surface area contributed by atoms with Crippen molar-refractivity contribution >= 4 is 34.2 Å². The summed E-state index contributed by atoms with van der Waals surface area (Å²) in [5.74, 6) is -0.633. The maximum Gasteiger partial charge on any atom is 0.349 e. The normalized spacial score (nSPS) is 13.2. The van der Waals surface area contributed by atoms with Crippen molar-refractivity contribution in [3.05, 3.63) is 70.1 Å². The quantitative estimate of drug-likeness (QED) is 0.690. The van der Waals surface area contributed by atoms with Gasteiger partial charge in [-0.15, -0.1) is 0 Å². The summed E-state index contributed by atoms with van der Waals surface area (Å²) in [6.45, 7) is 0.661. The Bertz CT molecular complexity index is 1150. The summed E-state index contributed by atoms with van der Waals surface area (Å²) >= 11 is 0. The van der Waals surface area contributed by atoms with Crippen LogP contribution in [0, 0.1) is 0 Å². The number of methoxy groups -OCH3 is 1. The van der Waals surface area contributed by atoms with Crippen LogP contribution in [0.1, 0.15) is 22.3 Å². The zero-order chi connectivity index (χ0) is 20.4. The highest BCUT2D eigenvalue weighted by Gasteiger charge is 2.23. The van der Waals surface area contributed by atoms with Gasteiger partial charge in [-0.2, -0.15) is 0 Å². The Morgan fingerprint density at radius 2 is 2.00 bits per heavy atom. The van der Waals surface area contributed by atoms with Gasteiger partial charge in [-0.1, -0.05) is 18.2 Å². The van der Waals surface area contributed by atoms with Gasteiger partial charge in [0.2, 0.25) is 0 Å². The number of nitrogens with one attached hydrogen (secondary N) is 1. The van der Waals surface area contributed by atoms with Crippen LogP contribution >= 0.6 is 0 Å². The number of anilines is 2. The second-order valence-corrected chi connectivity index (χ2v) is 6.86. The molecule has 7 nitrogen and oxygen atoms in total. The number of hydrogen-bond donors (Lipinski definition) is 1. The first-order valence-electron chi connectivity index (χ1n) is 9.33. The van der Waals surface area contributed by atoms with Gasteiger partial charge in [-0.3, -0.25) is 9.59 Å². The summed E-state index contributed by atoms with van der Waals surface area (Å²) < 4.78 is 10.2. The fraction of sp³-hybridized carbons (Fsp3) is 0.227. The van der Waals surface area contributed by atoms with Crippen LogP contribution in [0.25, 0.3) is 11.0 Å². The minimum absolute atomic E-state index is 0.0235. The van der Waals surface area contributed by atoms with E-state index < -0.39 is 11.5 Å². The van der Waals surface area contributed by atoms with Crippen LogP contribution in [0.15, 0.2) is 57.7 Å². The minimum atomic E-state index is -0.685. The minimum Gasteiger partial charge on any atom is -0.422 e. The second-order valence-electron chi connectivity index (χ2n) is 6.86. The second kappa shape index (κ2) is 7.89. The van der Waals surface area contributed by atoms with Gasteiger partial charge in [-0.05, 0) is 48.7 Å². The molecule has 0 fully saturated rings. The summed E-state index contributed by atoms with van der Waals surface area (Å²) in [6, 6.07) is 13.9. The molecule has 0 radical (unpaired) electrons. The van der Waals surface area contributed by atoms with Crippen LogP contribution in [0.3, 0.4) is 0 Å². The van der Waals surface area contributed by atoms with Gasteiger partial charge in [0.1, 0.15) is 17.8 Å². The molecule has 4 rings (SSSR count). The van der Waals surface area contributed by atoms with E-state index in [1.165, 1.54) is 13.2 Å². The molecule has 29 heavy (non-hydrogen) atoms. The van der Waals surface area contributed by atoms with E-state index in [4.69, 9.17) is 9.15 Å². The van der Waals surface area contributed by atoms with E-state index in [9.17, 15) is 14.4 Å². The molecule has 7 heteroatoms. The van der Waals surface area contributed by atoms with E-state index in [0.717, 1.165) is 24.1 Å². The zero-order valence-corrected chi connectivity index (χ0v) is 15.9. The number of amides is 2. The highest BCUT2D eigenvalue weighted by atomic mass is 16.5. The fourth-order valence-electron chi connectivity index (χ4n) is 3.55. The standard InChI is InChI=1S/C22H20N2O5/c1-28-13-20(25)24-10-4-6-14-11-16(8-9-18(14)24)23-21(26)17-12-15-5-2-3-7-19(15)29-22(17)27/h2-3,5,7-9,11-12H,4,6,10,13H2,1H3,(H,23,26). The Balaban J connectivity index is 1.59. The van der Waals surface area contributed by atoms with Crippen molar-refractivity contribution in [1.29, 1.82) is 0 Å². The van der Waals surface area contributed by atoms with Crippen molar-refractivity contribution < 1.29 is 18.7 Å². The molecule has 2 amide bonds. The number of para-hydroxylation sites is 1. The van der Waals surface area contributed by atoms with E-state index in [1.54, 1.807) is 35.2 Å². The average Bonchev–Trinajstić information content (AvgIpc) is 2.72. The van der Waals surface area contributed by atoms with Gasteiger partial charge in [0.25, 0.3) is 11.8 Å². The molecule has 2 heterocycles. The lowest BCUT2D eigenvalue weighted by atomic mass is 10.0. The zero-order valence-electron chi connectivity index (χ0n) is 15.9. The lowest BCUT2D eigenvalue weighted by Gasteiger charge is -2.29. The monoisotopic (exact) mass is 392 g/mol. The highest BCUT2D eigenvalue weighted by molar-refractivity contribution is 6.05. The van der Waals surface area contributed by atoms with E-state index in [2.05, 4.69) is 5.32 Å². The van der Waals surface area contributed by atoms with Crippen molar-refractivity contribution in [3.63, 3.8) is 0 Å². The molecule has 0 spiro atoms. The van der Waals surface area contributed by atoms with E-state index in [-0.39, 0.29) is 18.1 Å². The molecular formula is C22H20N2O5. The summed E-state index contributed by atoms with van der Waals surface area (Å²) in [5.41, 5.74) is 2.03. The number of fused-ring (bicyclic) bond motifs is 2. The molecule has 3 aromatic rings. The lowest BCUT2D eigenvalue weighted by Crippen LogP contribution is -2.37. The Kier molecular flexibility index (Phi) is 5.14. The third-order valence-electron chi connectivity index (χ3n) is 4.91. The average molecular weight is 392 g/mol. The molecule has 1 aliphatic rings. The molecule has 148 valence electrons. The summed E-state index contributed by atoms with van der Waals surface area (Å²) in [6.07, 6.45) is 1.63. The van der Waals surface area contributed by atoms with Gasteiger partial charge in [0.15, 0.2) is 0 Å². The topological polar surface area (TPSA) is 88.8 Å². The van der Waals surface area contributed by atoms with Crippen LogP contribution in [0.5, 0.6) is 0 Å². The number of rotatable bonds is 4. The molecular weight excluding hydrogens is 372 g/mol. The van der Waals surface area contributed by atoms with Gasteiger partial charge >= 0.3 is 5.63 Å². The number of nitrogens with zero attached hydrogens (tertiary/aromatic N) is 1. The van der Waals surface area contributed by atoms with E-state index >= 15 is 0 Å². The molecule has 0 atom stereocenters. The van der Waals surface area contributed by atoms with Crippen molar-refractivity contribution in [2.45, 2.75) is 12.8 Å². The van der Waals surface area contributed by atoms with Crippen LogP contribution in [-0.4, -0.2) is 32.1 Å². The predicted octanol–water partition coefficient (Wildman–Crippen LogP) is 2.97. The third-order valence-corrected chi connectivity index (χ3v) is 4.91. The Hall–Kier alpha value is -3.45. The largest absolute Gasteiger partial charge is 0.422 e. The van der Waals surface area contributed by atoms with Gasteiger partial charge < -0.3 is 19.4 Å². The molecule has 0 aliphatic carbocycles. The third kappa shape index (κ3) is 3.77. The number of benzene rings is 2. The molecule has 0 bridgehead atoms. The molecule has 0 saturated carbocycles. The number of carbonyl (C=O) groups excluding carboxylic acids is 2. The van der Waals surface area contributed by atoms with Crippen LogP contribution in [0.4, 0.5) is 11.4 Å². The smallest absolute Gasteiger partial charge is 0.349 e. The summed E-state index contributed by atoms with van der Waals surface area (Å²) in [4.78, 5) is 38.8. The first-order chi connectivity index (χ1) is 14.1. The molecule has 0 saturated heterocycles. The SMILES string of the molecule is COCC(=O)N1CCCc2cc(NC(=O)c3cc4ccccc4oc3=O)ccc21. The Morgan fingerprint density at radius 1 is 1.17 bits per heavy atom. The summed E-state index contributed by atoms with van der Waals surface area (Å²) in [7, 11) is 1.49. The molecule has 1 aromatic heterocycles. The van der Waals surface area contributed by atoms with Gasteiger partial charge in [-0.25, -0.2) is 4.79 Å². The maximum atomic E-state index is 12.7. The number of carbonyl (C=O) groups is 2. The van der Waals surface area contributed by atoms with E-state index in [0.29, 0.717) is 23.2 Å². The van der Waals surface area contributed by atoms with Crippen LogP contribution in [-0.2, 0) is 16.0 Å². The highest BCUT2D eigenvalue weighted by Crippen LogP contribution is 2.30. The molecule has 1 N–H and O–H groups in total. The fourth-order valence-corrected chi connectivity index (χ4v) is 3.55. The number of hydrogen-bond acceptors (Lipinski definition) is 5. The van der Waals surface area contributed by atoms with E-state index in [1.807, 2.05) is 12.1 Å². The number of ether oxygens (including phenoxy) is 1. The Labute approximate surface area is 166 Å². The van der Waals surface area contributed by atoms with Crippen molar-refractivity contribution in [2.24, 2.45) is 0 Å². The predicted molar refractivity (Wildman–Crippen MR) is 109 cm³/mol. The van der Waals surface area contributed by atoms with Gasteiger partial charge in [0, 0.05) is 30.4 Å². The van der Waals surface area contributed by atoms with Crippen LogP contribution in [0.2, 0.25) is 0 Å². The van der Waals surface area contributed by atoms with Crippen molar-refractivity contribution in [3.8, 4) is 0 Å².